The smallest absolute Gasteiger partial charge is 0.328 e. The summed E-state index contributed by atoms with van der Waals surface area (Å²) in [6, 6.07) is -3.21. The van der Waals surface area contributed by atoms with Gasteiger partial charge < -0.3 is 25.4 Å². The van der Waals surface area contributed by atoms with Crippen LogP contribution < -0.4 is 10.6 Å². The number of urea groups is 1. The molecule has 3 atom stereocenters. The van der Waals surface area contributed by atoms with Crippen LogP contribution in [0, 0.1) is 12.3 Å². The van der Waals surface area contributed by atoms with Crippen LogP contribution in [0.2, 0.25) is 0 Å². The minimum atomic E-state index is -1.49. The summed E-state index contributed by atoms with van der Waals surface area (Å²) in [5, 5.41) is 26.7. The Morgan fingerprint density at radius 2 is 2.15 bits per heavy atom. The number of hydrogen-bond donors (Lipinski definition) is 4. The maximum atomic E-state index is 12.0. The molecule has 0 bridgehead atoms. The summed E-state index contributed by atoms with van der Waals surface area (Å²) >= 11 is 0. The Morgan fingerprint density at radius 1 is 1.38 bits per heavy atom. The highest BCUT2D eigenvalue weighted by atomic mass is 16.5. The Balaban J connectivity index is 2.12. The van der Waals surface area contributed by atoms with Crippen molar-refractivity contribution in [1.82, 2.24) is 30.7 Å². The zero-order chi connectivity index (χ0) is 19.1. The average molecular weight is 360 g/mol. The van der Waals surface area contributed by atoms with Crippen molar-refractivity contribution in [3.8, 4) is 23.9 Å². The number of carboxylic acid groups (broad SMARTS) is 1. The minimum Gasteiger partial charge on any atom is -0.480 e. The van der Waals surface area contributed by atoms with Crippen molar-refractivity contribution in [3.05, 3.63) is 24.5 Å². The lowest BCUT2D eigenvalue weighted by Gasteiger charge is -2.19. The Morgan fingerprint density at radius 3 is 2.73 bits per heavy atom. The number of nitrogens with one attached hydrogen (secondary N) is 2. The second-order valence-corrected chi connectivity index (χ2v) is 5.18. The number of aromatic nitrogens is 4. The molecule has 0 aliphatic heterocycles. The molecule has 2 aromatic heterocycles. The number of aliphatic hydroxyl groups is 1. The highest BCUT2D eigenvalue weighted by Gasteiger charge is 2.27. The molecule has 2 amide bonds. The molecule has 2 aromatic rings. The zero-order valence-corrected chi connectivity index (χ0v) is 13.7. The van der Waals surface area contributed by atoms with Gasteiger partial charge in [0, 0.05) is 18.8 Å². The van der Waals surface area contributed by atoms with Crippen LogP contribution in [0.25, 0.3) is 11.5 Å². The first-order valence-corrected chi connectivity index (χ1v) is 7.43. The molecule has 0 aliphatic rings. The van der Waals surface area contributed by atoms with E-state index in [1.165, 1.54) is 25.5 Å². The van der Waals surface area contributed by atoms with Gasteiger partial charge in [0.1, 0.15) is 11.7 Å². The number of hydrogen-bond acceptors (Lipinski definition) is 8. The summed E-state index contributed by atoms with van der Waals surface area (Å²) in [6.45, 7) is 1.24. The van der Waals surface area contributed by atoms with Crippen LogP contribution in [-0.4, -0.2) is 54.5 Å². The third-order valence-electron chi connectivity index (χ3n) is 3.19. The number of carboxylic acids is 1. The van der Waals surface area contributed by atoms with Gasteiger partial charge in [-0.25, -0.2) is 14.6 Å². The van der Waals surface area contributed by atoms with Crippen LogP contribution in [-0.2, 0) is 4.79 Å². The van der Waals surface area contributed by atoms with E-state index in [9.17, 15) is 14.7 Å². The molecule has 2 heterocycles. The van der Waals surface area contributed by atoms with Crippen LogP contribution in [0.3, 0.4) is 0 Å². The molecule has 1 unspecified atom stereocenters. The lowest BCUT2D eigenvalue weighted by atomic mass is 10.2. The van der Waals surface area contributed by atoms with Crippen molar-refractivity contribution in [1.29, 1.82) is 0 Å². The summed E-state index contributed by atoms with van der Waals surface area (Å²) in [6.07, 6.45) is 8.39. The Hall–Kier alpha value is -3.52. The molecule has 0 fully saturated rings. The Labute approximate surface area is 147 Å². The van der Waals surface area contributed by atoms with Crippen molar-refractivity contribution in [2.75, 3.05) is 0 Å². The highest BCUT2D eigenvalue weighted by Crippen LogP contribution is 2.18. The average Bonchev–Trinajstić information content (AvgIpc) is 3.09. The van der Waals surface area contributed by atoms with E-state index in [0.29, 0.717) is 5.69 Å². The second kappa shape index (κ2) is 8.54. The third kappa shape index (κ3) is 4.74. The van der Waals surface area contributed by atoms with E-state index < -0.39 is 30.2 Å². The molecule has 136 valence electrons. The molecule has 0 spiro atoms. The van der Waals surface area contributed by atoms with Crippen LogP contribution in [0.4, 0.5) is 4.79 Å². The molecule has 11 heteroatoms. The fraction of sp³-hybridized carbons (Fsp3) is 0.333. The molecule has 11 nitrogen and oxygen atoms in total. The number of carbonyl (C=O) groups excluding carboxylic acids is 1. The van der Waals surface area contributed by atoms with E-state index in [4.69, 9.17) is 16.1 Å². The predicted molar refractivity (Wildman–Crippen MR) is 86.3 cm³/mol. The van der Waals surface area contributed by atoms with E-state index in [-0.39, 0.29) is 18.1 Å². The van der Waals surface area contributed by atoms with Gasteiger partial charge in [0.25, 0.3) is 5.89 Å². The van der Waals surface area contributed by atoms with Crippen LogP contribution in [0.1, 0.15) is 25.3 Å². The molecule has 26 heavy (non-hydrogen) atoms. The lowest BCUT2D eigenvalue weighted by molar-refractivity contribution is -0.141. The maximum absolute atomic E-state index is 12.0. The van der Waals surface area contributed by atoms with Gasteiger partial charge in [0.2, 0.25) is 5.82 Å². The highest BCUT2D eigenvalue weighted by molar-refractivity contribution is 5.83. The van der Waals surface area contributed by atoms with Gasteiger partial charge in [0.15, 0.2) is 6.04 Å². The molecular formula is C15H16N6O5. The summed E-state index contributed by atoms with van der Waals surface area (Å²) < 4.78 is 5.10. The van der Waals surface area contributed by atoms with Gasteiger partial charge in [-0.3, -0.25) is 4.98 Å². The van der Waals surface area contributed by atoms with Crippen LogP contribution in [0.5, 0.6) is 0 Å². The van der Waals surface area contributed by atoms with Crippen molar-refractivity contribution in [3.63, 3.8) is 0 Å². The van der Waals surface area contributed by atoms with E-state index in [2.05, 4.69) is 36.7 Å². The van der Waals surface area contributed by atoms with E-state index in [1.807, 2.05) is 0 Å². The number of aliphatic hydroxyl groups excluding tert-OH is 1. The largest absolute Gasteiger partial charge is 0.480 e. The fourth-order valence-corrected chi connectivity index (χ4v) is 1.94. The summed E-state index contributed by atoms with van der Waals surface area (Å²) in [4.78, 5) is 35.1. The van der Waals surface area contributed by atoms with Crippen molar-refractivity contribution in [2.24, 2.45) is 0 Å². The van der Waals surface area contributed by atoms with E-state index >= 15 is 0 Å². The normalized spacial score (nSPS) is 13.9. The SMILES string of the molecule is C#CC[C@H](NC(=O)N[C@H](C(=O)O)C(C)O)c1nc(-c2cnccn2)no1. The van der Waals surface area contributed by atoms with E-state index in [0.717, 1.165) is 0 Å². The van der Waals surface area contributed by atoms with E-state index in [1.54, 1.807) is 0 Å². The van der Waals surface area contributed by atoms with Gasteiger partial charge in [-0.05, 0) is 6.92 Å². The summed E-state index contributed by atoms with van der Waals surface area (Å²) in [7, 11) is 0. The number of carbonyl (C=O) groups is 2. The predicted octanol–water partition coefficient (Wildman–Crippen LogP) is -0.276. The molecular weight excluding hydrogens is 344 g/mol. The molecule has 2 rings (SSSR count). The number of amides is 2. The lowest BCUT2D eigenvalue weighted by Crippen LogP contribution is -2.51. The molecule has 0 aromatic carbocycles. The Kier molecular flexibility index (Phi) is 6.18. The van der Waals surface area contributed by atoms with Crippen LogP contribution in [0.15, 0.2) is 23.1 Å². The molecule has 0 saturated carbocycles. The number of terminal acetylenes is 1. The first kappa shape index (κ1) is 18.8. The molecule has 0 radical (unpaired) electrons. The first-order chi connectivity index (χ1) is 12.4. The number of aliphatic carboxylic acids is 1. The summed E-state index contributed by atoms with van der Waals surface area (Å²) in [5.74, 6) is 1.15. The quantitative estimate of drug-likeness (QED) is 0.486. The summed E-state index contributed by atoms with van der Waals surface area (Å²) in [5.41, 5.74) is 0.367. The standard InChI is InChI=1S/C15H16N6O5/c1-3-4-9(18-15(25)19-11(8(2)22)14(23)24)13-20-12(21-26-13)10-7-16-5-6-17-10/h1,5-9,11,22H,4H2,2H3,(H,23,24)(H2,18,19,25)/t8?,9-,11-/m0/s1. The fourth-order valence-electron chi connectivity index (χ4n) is 1.94. The Bertz CT molecular complexity index is 800. The monoisotopic (exact) mass is 360 g/mol. The topological polar surface area (TPSA) is 163 Å². The first-order valence-electron chi connectivity index (χ1n) is 7.43. The molecule has 0 saturated heterocycles. The van der Waals surface area contributed by atoms with Gasteiger partial charge in [-0.2, -0.15) is 4.98 Å². The van der Waals surface area contributed by atoms with Crippen molar-refractivity contribution < 1.29 is 24.3 Å². The number of rotatable bonds is 7. The van der Waals surface area contributed by atoms with Gasteiger partial charge >= 0.3 is 12.0 Å². The third-order valence-corrected chi connectivity index (χ3v) is 3.19. The second-order valence-electron chi connectivity index (χ2n) is 5.18. The van der Waals surface area contributed by atoms with Crippen molar-refractivity contribution >= 4 is 12.0 Å². The zero-order valence-electron chi connectivity index (χ0n) is 13.7. The minimum absolute atomic E-state index is 0.0158. The van der Waals surface area contributed by atoms with Crippen LogP contribution >= 0.6 is 0 Å². The molecule has 4 N–H and O–H groups in total. The van der Waals surface area contributed by atoms with Crippen molar-refractivity contribution in [2.45, 2.75) is 31.5 Å². The number of nitrogens with zero attached hydrogens (tertiary/aromatic N) is 4. The van der Waals surface area contributed by atoms with Gasteiger partial charge in [-0.1, -0.05) is 5.16 Å². The van der Waals surface area contributed by atoms with Gasteiger partial charge in [0.05, 0.1) is 12.3 Å². The maximum Gasteiger partial charge on any atom is 0.328 e. The molecule has 0 aliphatic carbocycles. The van der Waals surface area contributed by atoms with Gasteiger partial charge in [-0.15, -0.1) is 12.3 Å².